The molecule has 0 aromatic heterocycles. The van der Waals surface area contributed by atoms with Crippen LogP contribution < -0.4 is 5.32 Å². The van der Waals surface area contributed by atoms with Crippen molar-refractivity contribution in [1.82, 2.24) is 10.2 Å². The molecule has 0 rings (SSSR count). The Labute approximate surface area is 234 Å². The van der Waals surface area contributed by atoms with Crippen LogP contribution in [0.4, 0.5) is 0 Å². The molecule has 0 saturated heterocycles. The first-order chi connectivity index (χ1) is 17.9. The fraction of sp³-hybridized carbons (Fsp3) is 0.963. The van der Waals surface area contributed by atoms with Gasteiger partial charge in [-0.3, -0.25) is 4.79 Å². The van der Waals surface area contributed by atoms with E-state index in [0.29, 0.717) is 33.0 Å². The van der Waals surface area contributed by atoms with Crippen LogP contribution in [0, 0.1) is 0 Å². The third-order valence-corrected chi connectivity index (χ3v) is 7.10. The molecule has 2 unspecified atom stereocenters. The monoisotopic (exact) mass is 570 g/mol. The van der Waals surface area contributed by atoms with E-state index >= 15 is 0 Å². The number of ether oxygens (including phenoxy) is 2. The highest BCUT2D eigenvalue weighted by molar-refractivity contribution is 7.99. The third kappa shape index (κ3) is 36.0. The van der Waals surface area contributed by atoms with Crippen molar-refractivity contribution in [3.8, 4) is 0 Å². The maximum Gasteiger partial charge on any atom is 0.332 e. The van der Waals surface area contributed by atoms with E-state index in [1.807, 2.05) is 33.0 Å². The maximum atomic E-state index is 11.4. The van der Waals surface area contributed by atoms with Crippen LogP contribution in [0.25, 0.3) is 0 Å². The zero-order valence-electron chi connectivity index (χ0n) is 25.1. The van der Waals surface area contributed by atoms with Gasteiger partial charge in [0.2, 0.25) is 5.91 Å². The minimum atomic E-state index is -1.36. The predicted octanol–water partition coefficient (Wildman–Crippen LogP) is 6.28. The van der Waals surface area contributed by atoms with Gasteiger partial charge in [0.1, 0.15) is 0 Å². The Morgan fingerprint density at radius 3 is 1.89 bits per heavy atom. The maximum absolute atomic E-state index is 11.4. The number of nitrogens with one attached hydrogen (secondary N) is 1. The highest BCUT2D eigenvalue weighted by Gasteiger charge is 2.16. The van der Waals surface area contributed by atoms with Gasteiger partial charge in [-0.25, -0.2) is 0 Å². The average Bonchev–Trinajstić information content (AvgIpc) is 2.84. The number of hydrogen-bond donors (Lipinski definition) is 1. The van der Waals surface area contributed by atoms with E-state index in [-0.39, 0.29) is 11.9 Å². The second-order valence-electron chi connectivity index (χ2n) is 9.34. The lowest BCUT2D eigenvalue weighted by Crippen LogP contribution is -2.38. The van der Waals surface area contributed by atoms with Crippen molar-refractivity contribution < 1.29 is 27.8 Å². The molecule has 37 heavy (non-hydrogen) atoms. The summed E-state index contributed by atoms with van der Waals surface area (Å²) in [6.45, 7) is 9.34. The molecule has 0 saturated carbocycles. The van der Waals surface area contributed by atoms with Crippen molar-refractivity contribution in [2.45, 2.75) is 91.0 Å². The molecule has 0 bridgehead atoms. The molecule has 0 spiro atoms. The summed E-state index contributed by atoms with van der Waals surface area (Å²) in [6, 6.07) is -0.0857. The second-order valence-corrected chi connectivity index (χ2v) is 11.8. The van der Waals surface area contributed by atoms with Crippen LogP contribution in [-0.2, 0) is 27.8 Å². The van der Waals surface area contributed by atoms with Gasteiger partial charge < -0.3 is 33.3 Å². The molecule has 224 valence electrons. The fourth-order valence-electron chi connectivity index (χ4n) is 3.17. The molecular weight excluding hydrogens is 511 g/mol. The molecule has 0 aromatic rings. The van der Waals surface area contributed by atoms with Crippen LogP contribution in [0.3, 0.4) is 0 Å². The SMILES string of the molecule is CCCCCCCCCCCCOCCOCCSCC(COP(OC)OCC)NC(C)=O.CN(C)C. The van der Waals surface area contributed by atoms with E-state index < -0.39 is 8.60 Å². The topological polar surface area (TPSA) is 78.5 Å². The largest absolute Gasteiger partial charge is 0.379 e. The Bertz CT molecular complexity index is 464. The first kappa shape index (κ1) is 39.2. The second kappa shape index (κ2) is 32.2. The normalized spacial score (nSPS) is 12.8. The van der Waals surface area contributed by atoms with Gasteiger partial charge in [0.15, 0.2) is 0 Å². The highest BCUT2D eigenvalue weighted by atomic mass is 32.2. The van der Waals surface area contributed by atoms with E-state index in [2.05, 4.69) is 12.2 Å². The van der Waals surface area contributed by atoms with E-state index in [4.69, 9.17) is 23.0 Å². The molecule has 0 aliphatic rings. The summed E-state index contributed by atoms with van der Waals surface area (Å²) in [5, 5.41) is 2.91. The number of unbranched alkanes of at least 4 members (excludes halogenated alkanes) is 9. The van der Waals surface area contributed by atoms with Crippen molar-refractivity contribution in [3.63, 3.8) is 0 Å². The molecular formula is C27H59N2O6PS. The Hall–Kier alpha value is 0.01000. The Morgan fingerprint density at radius 2 is 1.38 bits per heavy atom. The molecule has 0 radical (unpaired) electrons. The summed E-state index contributed by atoms with van der Waals surface area (Å²) in [5.41, 5.74) is 0. The number of thioether (sulfide) groups is 1. The van der Waals surface area contributed by atoms with E-state index in [0.717, 1.165) is 24.5 Å². The van der Waals surface area contributed by atoms with Crippen LogP contribution in [0.1, 0.15) is 85.0 Å². The zero-order chi connectivity index (χ0) is 28.0. The lowest BCUT2D eigenvalue weighted by atomic mass is 10.1. The predicted molar refractivity (Wildman–Crippen MR) is 160 cm³/mol. The standard InChI is InChI=1S/C24H50NO6PS.C3H9N/c1-5-7-8-9-10-11-12-13-14-15-16-28-17-18-29-19-20-33-22-24(25-23(3)26)21-31-32(27-4)30-6-2;1-4(2)3/h24H,5-22H2,1-4H3,(H,25,26);1-3H3. The molecule has 0 aromatic carbocycles. The minimum Gasteiger partial charge on any atom is -0.379 e. The summed E-state index contributed by atoms with van der Waals surface area (Å²) in [4.78, 5) is 13.4. The number of nitrogens with zero attached hydrogens (tertiary/aromatic N) is 1. The van der Waals surface area contributed by atoms with Crippen molar-refractivity contribution in [1.29, 1.82) is 0 Å². The summed E-state index contributed by atoms with van der Waals surface area (Å²) in [6.07, 6.45) is 13.4. The molecule has 0 aliphatic heterocycles. The Kier molecular flexibility index (Phi) is 34.1. The number of carbonyl (C=O) groups excluding carboxylic acids is 1. The van der Waals surface area contributed by atoms with E-state index in [1.54, 1.807) is 18.9 Å². The fourth-order valence-corrected chi connectivity index (χ4v) is 4.84. The Morgan fingerprint density at radius 1 is 0.838 bits per heavy atom. The van der Waals surface area contributed by atoms with Gasteiger partial charge in [0, 0.05) is 32.1 Å². The summed E-state index contributed by atoms with van der Waals surface area (Å²) >= 11 is 1.73. The van der Waals surface area contributed by atoms with Crippen LogP contribution >= 0.6 is 20.4 Å². The van der Waals surface area contributed by atoms with Gasteiger partial charge in [-0.05, 0) is 34.5 Å². The lowest BCUT2D eigenvalue weighted by molar-refractivity contribution is -0.119. The van der Waals surface area contributed by atoms with Crippen molar-refractivity contribution >= 4 is 26.3 Å². The van der Waals surface area contributed by atoms with E-state index in [1.165, 1.54) is 64.7 Å². The van der Waals surface area contributed by atoms with Gasteiger partial charge in [0.05, 0.1) is 39.1 Å². The average molecular weight is 571 g/mol. The molecule has 0 aliphatic carbocycles. The summed E-state index contributed by atoms with van der Waals surface area (Å²) in [5.74, 6) is 1.54. The van der Waals surface area contributed by atoms with Gasteiger partial charge >= 0.3 is 8.60 Å². The van der Waals surface area contributed by atoms with E-state index in [9.17, 15) is 4.79 Å². The third-order valence-electron chi connectivity index (χ3n) is 4.88. The number of rotatable bonds is 26. The molecule has 1 amide bonds. The van der Waals surface area contributed by atoms with Gasteiger partial charge in [-0.2, -0.15) is 11.8 Å². The Balaban J connectivity index is 0. The van der Waals surface area contributed by atoms with Gasteiger partial charge in [-0.15, -0.1) is 0 Å². The molecule has 0 heterocycles. The number of carbonyl (C=O) groups is 1. The number of amides is 1. The van der Waals surface area contributed by atoms with Gasteiger partial charge in [-0.1, -0.05) is 64.7 Å². The first-order valence-electron chi connectivity index (χ1n) is 14.1. The molecule has 1 N–H and O–H groups in total. The van der Waals surface area contributed by atoms with Crippen molar-refractivity contribution in [3.05, 3.63) is 0 Å². The first-order valence-corrected chi connectivity index (χ1v) is 16.3. The van der Waals surface area contributed by atoms with Crippen LogP contribution in [-0.4, -0.2) is 96.2 Å². The minimum absolute atomic E-state index is 0.0711. The smallest absolute Gasteiger partial charge is 0.332 e. The molecule has 10 heteroatoms. The quantitative estimate of drug-likeness (QED) is 0.0961. The van der Waals surface area contributed by atoms with Gasteiger partial charge in [0.25, 0.3) is 0 Å². The molecule has 0 fully saturated rings. The lowest BCUT2D eigenvalue weighted by Gasteiger charge is -2.20. The van der Waals surface area contributed by atoms with Crippen LogP contribution in [0.5, 0.6) is 0 Å². The van der Waals surface area contributed by atoms with Crippen molar-refractivity contribution in [2.75, 3.05) is 79.4 Å². The summed E-state index contributed by atoms with van der Waals surface area (Å²) < 4.78 is 27.4. The zero-order valence-corrected chi connectivity index (χ0v) is 26.8. The number of hydrogen-bond acceptors (Lipinski definition) is 8. The summed E-state index contributed by atoms with van der Waals surface area (Å²) in [7, 11) is 6.20. The van der Waals surface area contributed by atoms with Crippen LogP contribution in [0.2, 0.25) is 0 Å². The molecule has 8 nitrogen and oxygen atoms in total. The van der Waals surface area contributed by atoms with Crippen molar-refractivity contribution in [2.24, 2.45) is 0 Å². The van der Waals surface area contributed by atoms with Crippen LogP contribution in [0.15, 0.2) is 0 Å². The molecule has 2 atom stereocenters. The highest BCUT2D eigenvalue weighted by Crippen LogP contribution is 2.38.